The Labute approximate surface area is 131 Å². The summed E-state index contributed by atoms with van der Waals surface area (Å²) in [7, 11) is 0. The maximum Gasteiger partial charge on any atom is 0.352 e. The van der Waals surface area contributed by atoms with E-state index in [1.807, 2.05) is 0 Å². The van der Waals surface area contributed by atoms with Gasteiger partial charge in [0.2, 0.25) is 5.91 Å². The zero-order chi connectivity index (χ0) is 16.3. The third-order valence-electron chi connectivity index (χ3n) is 3.91. The summed E-state index contributed by atoms with van der Waals surface area (Å²) in [5, 5.41) is 22.4. The summed E-state index contributed by atoms with van der Waals surface area (Å²) >= 11 is 1.56. The SMILES string of the molecule is CC(O)C1C(=O)N2C(C(=O)O)=C(CSCCCN=[N+]=[N-])CC12. The Morgan fingerprint density at radius 2 is 2.36 bits per heavy atom. The van der Waals surface area contributed by atoms with E-state index >= 15 is 0 Å². The van der Waals surface area contributed by atoms with Crippen molar-refractivity contribution in [2.45, 2.75) is 31.9 Å². The number of aliphatic hydroxyl groups is 1. The molecule has 2 heterocycles. The molecule has 2 N–H and O–H groups in total. The number of carbonyl (C=O) groups excluding carboxylic acids is 1. The standard InChI is InChI=1S/C13H18N4O4S/c1-7(18)10-9-5-8(6-22-4-2-3-15-16-14)11(13(20)21)17(9)12(10)19/h7,9-10,18H,2-6H2,1H3,(H,20,21). The molecule has 9 heteroatoms. The quantitative estimate of drug-likeness (QED) is 0.229. The molecule has 3 atom stereocenters. The molecule has 2 aliphatic rings. The van der Waals surface area contributed by atoms with Gasteiger partial charge in [0.05, 0.1) is 18.1 Å². The van der Waals surface area contributed by atoms with Gasteiger partial charge >= 0.3 is 5.97 Å². The average molecular weight is 326 g/mol. The Balaban J connectivity index is 1.96. The summed E-state index contributed by atoms with van der Waals surface area (Å²) in [4.78, 5) is 27.4. The van der Waals surface area contributed by atoms with Crippen LogP contribution in [-0.4, -0.2) is 57.2 Å². The number of hydrogen-bond acceptors (Lipinski definition) is 5. The average Bonchev–Trinajstić information content (AvgIpc) is 2.77. The van der Waals surface area contributed by atoms with E-state index in [-0.39, 0.29) is 17.6 Å². The normalized spacial score (nSPS) is 24.6. The van der Waals surface area contributed by atoms with Gasteiger partial charge in [-0.2, -0.15) is 11.8 Å². The predicted octanol–water partition coefficient (Wildman–Crippen LogP) is 1.37. The maximum atomic E-state index is 12.0. The number of amides is 1. The number of fused-ring (bicyclic) bond motifs is 1. The molecule has 0 aromatic carbocycles. The summed E-state index contributed by atoms with van der Waals surface area (Å²) in [6, 6.07) is -0.225. The van der Waals surface area contributed by atoms with Crippen molar-refractivity contribution in [2.24, 2.45) is 11.0 Å². The first-order chi connectivity index (χ1) is 10.5. The van der Waals surface area contributed by atoms with Gasteiger partial charge in [-0.3, -0.25) is 4.79 Å². The largest absolute Gasteiger partial charge is 0.477 e. The van der Waals surface area contributed by atoms with Crippen LogP contribution < -0.4 is 0 Å². The van der Waals surface area contributed by atoms with Crippen molar-refractivity contribution in [3.05, 3.63) is 21.7 Å². The Bertz CT molecular complexity index is 556. The smallest absolute Gasteiger partial charge is 0.352 e. The highest BCUT2D eigenvalue weighted by Gasteiger charge is 2.56. The Morgan fingerprint density at radius 1 is 1.64 bits per heavy atom. The molecule has 0 saturated carbocycles. The molecule has 1 fully saturated rings. The molecule has 2 aliphatic heterocycles. The fourth-order valence-corrected chi connectivity index (χ4v) is 3.95. The number of carboxylic acids is 1. The fraction of sp³-hybridized carbons (Fsp3) is 0.692. The van der Waals surface area contributed by atoms with Crippen molar-refractivity contribution < 1.29 is 19.8 Å². The van der Waals surface area contributed by atoms with Gasteiger partial charge in [0, 0.05) is 17.2 Å². The first kappa shape index (κ1) is 16.7. The molecule has 120 valence electrons. The van der Waals surface area contributed by atoms with Crippen LogP contribution in [0.25, 0.3) is 10.4 Å². The van der Waals surface area contributed by atoms with Crippen LogP contribution in [0.2, 0.25) is 0 Å². The van der Waals surface area contributed by atoms with E-state index in [1.165, 1.54) is 4.90 Å². The summed E-state index contributed by atoms with van der Waals surface area (Å²) < 4.78 is 0. The molecule has 0 bridgehead atoms. The van der Waals surface area contributed by atoms with Gasteiger partial charge in [0.15, 0.2) is 0 Å². The second-order valence-electron chi connectivity index (χ2n) is 5.36. The summed E-state index contributed by atoms with van der Waals surface area (Å²) in [5.74, 6) is -0.606. The van der Waals surface area contributed by atoms with Crippen LogP contribution in [0.5, 0.6) is 0 Å². The van der Waals surface area contributed by atoms with Crippen LogP contribution in [0.3, 0.4) is 0 Å². The van der Waals surface area contributed by atoms with Gasteiger partial charge in [0.1, 0.15) is 5.70 Å². The Hall–Kier alpha value is -1.70. The maximum absolute atomic E-state index is 12.0. The third-order valence-corrected chi connectivity index (χ3v) is 5.04. The molecule has 2 rings (SSSR count). The van der Waals surface area contributed by atoms with E-state index in [1.54, 1.807) is 18.7 Å². The van der Waals surface area contributed by atoms with Crippen LogP contribution >= 0.6 is 11.8 Å². The van der Waals surface area contributed by atoms with Crippen molar-refractivity contribution in [1.82, 2.24) is 4.90 Å². The molecular formula is C13H18N4O4S. The second-order valence-corrected chi connectivity index (χ2v) is 6.47. The van der Waals surface area contributed by atoms with E-state index < -0.39 is 18.0 Å². The second kappa shape index (κ2) is 7.04. The lowest BCUT2D eigenvalue weighted by Gasteiger charge is -2.44. The number of nitrogens with zero attached hydrogens (tertiary/aromatic N) is 4. The van der Waals surface area contributed by atoms with Crippen molar-refractivity contribution in [2.75, 3.05) is 18.1 Å². The van der Waals surface area contributed by atoms with E-state index in [0.717, 1.165) is 17.7 Å². The zero-order valence-corrected chi connectivity index (χ0v) is 13.0. The molecule has 1 amide bonds. The minimum Gasteiger partial charge on any atom is -0.477 e. The molecule has 3 unspecified atom stereocenters. The summed E-state index contributed by atoms with van der Waals surface area (Å²) in [5.41, 5.74) is 8.99. The van der Waals surface area contributed by atoms with E-state index in [2.05, 4.69) is 10.0 Å². The summed E-state index contributed by atoms with van der Waals surface area (Å²) in [6.07, 6.45) is 0.471. The topological polar surface area (TPSA) is 127 Å². The van der Waals surface area contributed by atoms with Gasteiger partial charge in [-0.05, 0) is 36.6 Å². The number of carbonyl (C=O) groups is 2. The number of aliphatic hydroxyl groups excluding tert-OH is 1. The Kier molecular flexibility index (Phi) is 5.33. The number of hydrogen-bond donors (Lipinski definition) is 2. The Morgan fingerprint density at radius 3 is 2.95 bits per heavy atom. The van der Waals surface area contributed by atoms with Gasteiger partial charge < -0.3 is 15.1 Å². The van der Waals surface area contributed by atoms with Crippen LogP contribution in [0.4, 0.5) is 0 Å². The molecule has 0 radical (unpaired) electrons. The predicted molar refractivity (Wildman–Crippen MR) is 81.0 cm³/mol. The number of thioether (sulfide) groups is 1. The molecule has 8 nitrogen and oxygen atoms in total. The van der Waals surface area contributed by atoms with Gasteiger partial charge in [-0.25, -0.2) is 4.79 Å². The van der Waals surface area contributed by atoms with Crippen molar-refractivity contribution >= 4 is 23.6 Å². The first-order valence-electron chi connectivity index (χ1n) is 7.04. The minimum absolute atomic E-state index is 0.0782. The third kappa shape index (κ3) is 3.06. The number of azide groups is 1. The van der Waals surface area contributed by atoms with Crippen LogP contribution in [0.15, 0.2) is 16.4 Å². The van der Waals surface area contributed by atoms with Crippen LogP contribution in [0, 0.1) is 5.92 Å². The fourth-order valence-electron chi connectivity index (χ4n) is 2.97. The van der Waals surface area contributed by atoms with E-state index in [9.17, 15) is 19.8 Å². The number of aliphatic carboxylic acids is 1. The van der Waals surface area contributed by atoms with Crippen LogP contribution in [0.1, 0.15) is 19.8 Å². The molecule has 0 spiro atoms. The molecule has 1 saturated heterocycles. The molecule has 0 aromatic rings. The highest BCUT2D eigenvalue weighted by atomic mass is 32.2. The lowest BCUT2D eigenvalue weighted by atomic mass is 9.83. The van der Waals surface area contributed by atoms with Crippen molar-refractivity contribution in [1.29, 1.82) is 0 Å². The van der Waals surface area contributed by atoms with Gasteiger partial charge in [-0.15, -0.1) is 0 Å². The number of carboxylic acid groups (broad SMARTS) is 1. The molecule has 0 aliphatic carbocycles. The van der Waals surface area contributed by atoms with Gasteiger partial charge in [-0.1, -0.05) is 5.11 Å². The minimum atomic E-state index is -1.09. The van der Waals surface area contributed by atoms with E-state index in [0.29, 0.717) is 18.7 Å². The highest BCUT2D eigenvalue weighted by Crippen LogP contribution is 2.44. The molecule has 0 aromatic heterocycles. The van der Waals surface area contributed by atoms with Gasteiger partial charge in [0.25, 0.3) is 0 Å². The zero-order valence-electron chi connectivity index (χ0n) is 12.2. The van der Waals surface area contributed by atoms with E-state index in [4.69, 9.17) is 5.53 Å². The first-order valence-corrected chi connectivity index (χ1v) is 8.19. The highest BCUT2D eigenvalue weighted by molar-refractivity contribution is 7.99. The number of β-lactam (4-membered cyclic amide) rings is 1. The van der Waals surface area contributed by atoms with Crippen molar-refractivity contribution in [3.8, 4) is 0 Å². The number of rotatable bonds is 8. The van der Waals surface area contributed by atoms with Crippen LogP contribution in [-0.2, 0) is 9.59 Å². The van der Waals surface area contributed by atoms with Crippen molar-refractivity contribution in [3.63, 3.8) is 0 Å². The molecular weight excluding hydrogens is 308 g/mol. The summed E-state index contributed by atoms with van der Waals surface area (Å²) in [6.45, 7) is 1.98. The lowest BCUT2D eigenvalue weighted by molar-refractivity contribution is -0.161. The monoisotopic (exact) mass is 326 g/mol. The molecule has 22 heavy (non-hydrogen) atoms. The lowest BCUT2D eigenvalue weighted by Crippen LogP contribution is -2.61.